The number of azo groups is 1. The predicted molar refractivity (Wildman–Crippen MR) is 56.0 cm³/mol. The Labute approximate surface area is 87.1 Å². The Morgan fingerprint density at radius 2 is 1.53 bits per heavy atom. The maximum absolute atomic E-state index is 10.9. The second-order valence-corrected chi connectivity index (χ2v) is 2.96. The van der Waals surface area contributed by atoms with Gasteiger partial charge in [-0.1, -0.05) is 18.2 Å². The first-order chi connectivity index (χ1) is 7.34. The van der Waals surface area contributed by atoms with Gasteiger partial charge in [0.05, 0.1) is 5.69 Å². The quantitative estimate of drug-likeness (QED) is 0.416. The SMILES string of the molecule is [O-][n+]1cccc(N=Nc2ccccc2)c1. The highest BCUT2D eigenvalue weighted by atomic mass is 16.5. The Morgan fingerprint density at radius 1 is 0.867 bits per heavy atom. The van der Waals surface area contributed by atoms with E-state index in [0.29, 0.717) is 10.4 Å². The maximum Gasteiger partial charge on any atom is 0.207 e. The van der Waals surface area contributed by atoms with Crippen LogP contribution in [0, 0.1) is 5.21 Å². The van der Waals surface area contributed by atoms with Crippen LogP contribution in [0.3, 0.4) is 0 Å². The zero-order valence-electron chi connectivity index (χ0n) is 7.95. The van der Waals surface area contributed by atoms with Crippen molar-refractivity contribution in [2.45, 2.75) is 0 Å². The second-order valence-electron chi connectivity index (χ2n) is 2.96. The molecule has 0 saturated carbocycles. The third-order valence-electron chi connectivity index (χ3n) is 1.80. The van der Waals surface area contributed by atoms with Gasteiger partial charge in [0, 0.05) is 6.07 Å². The highest BCUT2D eigenvalue weighted by Crippen LogP contribution is 2.15. The molecule has 4 heteroatoms. The fourth-order valence-corrected chi connectivity index (χ4v) is 1.11. The summed E-state index contributed by atoms with van der Waals surface area (Å²) >= 11 is 0. The van der Waals surface area contributed by atoms with Crippen LogP contribution < -0.4 is 4.73 Å². The van der Waals surface area contributed by atoms with Gasteiger partial charge in [-0.3, -0.25) is 0 Å². The zero-order valence-corrected chi connectivity index (χ0v) is 7.95. The van der Waals surface area contributed by atoms with Gasteiger partial charge in [-0.25, -0.2) is 0 Å². The predicted octanol–water partition coefficient (Wildman–Crippen LogP) is 2.74. The Bertz CT molecular complexity index is 468. The highest BCUT2D eigenvalue weighted by Gasteiger charge is 1.93. The lowest BCUT2D eigenvalue weighted by Crippen LogP contribution is -2.23. The maximum atomic E-state index is 10.9. The molecule has 0 spiro atoms. The minimum Gasteiger partial charge on any atom is -0.619 e. The van der Waals surface area contributed by atoms with Gasteiger partial charge >= 0.3 is 0 Å². The lowest BCUT2D eigenvalue weighted by Gasteiger charge is -1.94. The lowest BCUT2D eigenvalue weighted by molar-refractivity contribution is -0.604. The summed E-state index contributed by atoms with van der Waals surface area (Å²) in [5, 5.41) is 18.8. The molecule has 0 fully saturated rings. The number of pyridine rings is 1. The molecule has 0 aliphatic heterocycles. The molecule has 0 saturated heterocycles. The van der Waals surface area contributed by atoms with Gasteiger partial charge in [0.1, 0.15) is 0 Å². The van der Waals surface area contributed by atoms with E-state index in [9.17, 15) is 5.21 Å². The molecule has 1 aromatic heterocycles. The van der Waals surface area contributed by atoms with Crippen molar-refractivity contribution in [2.24, 2.45) is 10.2 Å². The molecule has 0 aliphatic rings. The lowest BCUT2D eigenvalue weighted by atomic mass is 10.3. The minimum absolute atomic E-state index is 0.538. The second kappa shape index (κ2) is 4.32. The van der Waals surface area contributed by atoms with Crippen molar-refractivity contribution in [1.29, 1.82) is 0 Å². The summed E-state index contributed by atoms with van der Waals surface area (Å²) in [6.07, 6.45) is 2.77. The van der Waals surface area contributed by atoms with Crippen LogP contribution in [-0.2, 0) is 0 Å². The van der Waals surface area contributed by atoms with Crippen molar-refractivity contribution >= 4 is 11.4 Å². The topological polar surface area (TPSA) is 51.7 Å². The van der Waals surface area contributed by atoms with Gasteiger partial charge in [-0.05, 0) is 18.2 Å². The van der Waals surface area contributed by atoms with E-state index < -0.39 is 0 Å². The molecule has 0 atom stereocenters. The number of aromatic nitrogens is 1. The van der Waals surface area contributed by atoms with Crippen molar-refractivity contribution in [2.75, 3.05) is 0 Å². The van der Waals surface area contributed by atoms with Crippen molar-refractivity contribution in [3.63, 3.8) is 0 Å². The third kappa shape index (κ3) is 2.60. The van der Waals surface area contributed by atoms with Crippen LogP contribution in [0.25, 0.3) is 0 Å². The molecule has 0 amide bonds. The summed E-state index contributed by atoms with van der Waals surface area (Å²) in [6, 6.07) is 12.7. The molecule has 1 heterocycles. The molecule has 0 radical (unpaired) electrons. The van der Waals surface area contributed by atoms with Crippen LogP contribution in [0.5, 0.6) is 0 Å². The summed E-state index contributed by atoms with van der Waals surface area (Å²) in [6.45, 7) is 0. The molecule has 0 unspecified atom stereocenters. The largest absolute Gasteiger partial charge is 0.619 e. The molecule has 0 N–H and O–H groups in total. The first-order valence-electron chi connectivity index (χ1n) is 4.50. The molecule has 0 bridgehead atoms. The monoisotopic (exact) mass is 199 g/mol. The summed E-state index contributed by atoms with van der Waals surface area (Å²) in [4.78, 5) is 0. The highest BCUT2D eigenvalue weighted by molar-refractivity contribution is 5.37. The molecule has 0 aliphatic carbocycles. The first kappa shape index (κ1) is 9.33. The average Bonchev–Trinajstić information content (AvgIpc) is 2.28. The Morgan fingerprint density at radius 3 is 2.27 bits per heavy atom. The first-order valence-corrected chi connectivity index (χ1v) is 4.50. The molecule has 4 nitrogen and oxygen atoms in total. The van der Waals surface area contributed by atoms with Crippen LogP contribution in [0.1, 0.15) is 0 Å². The average molecular weight is 199 g/mol. The van der Waals surface area contributed by atoms with Crippen molar-refractivity contribution < 1.29 is 4.73 Å². The number of benzene rings is 1. The fourth-order valence-electron chi connectivity index (χ4n) is 1.11. The molecule has 1 aromatic carbocycles. The summed E-state index contributed by atoms with van der Waals surface area (Å²) < 4.78 is 0.694. The van der Waals surface area contributed by atoms with Crippen LogP contribution in [0.15, 0.2) is 65.1 Å². The zero-order chi connectivity index (χ0) is 10.5. The molecule has 2 aromatic rings. The van der Waals surface area contributed by atoms with Crippen LogP contribution >= 0.6 is 0 Å². The number of nitrogens with zero attached hydrogens (tertiary/aromatic N) is 3. The van der Waals surface area contributed by atoms with Gasteiger partial charge in [-0.2, -0.15) is 9.84 Å². The third-order valence-corrected chi connectivity index (χ3v) is 1.80. The standard InChI is InChI=1S/C11H9N3O/c15-14-8-4-7-11(9-14)13-12-10-5-2-1-3-6-10/h1-9H. The van der Waals surface area contributed by atoms with E-state index in [1.54, 1.807) is 12.1 Å². The number of rotatable bonds is 2. The molecule has 15 heavy (non-hydrogen) atoms. The summed E-state index contributed by atoms with van der Waals surface area (Å²) in [5.41, 5.74) is 1.30. The molecule has 2 rings (SSSR count). The Balaban J connectivity index is 2.19. The molecule has 74 valence electrons. The molecular formula is C11H9N3O. The van der Waals surface area contributed by atoms with Crippen molar-refractivity contribution in [3.8, 4) is 0 Å². The van der Waals surface area contributed by atoms with E-state index >= 15 is 0 Å². The van der Waals surface area contributed by atoms with E-state index in [2.05, 4.69) is 10.2 Å². The van der Waals surface area contributed by atoms with Gasteiger partial charge < -0.3 is 5.21 Å². The number of hydrogen-bond acceptors (Lipinski definition) is 3. The van der Waals surface area contributed by atoms with Gasteiger partial charge in [0.25, 0.3) is 0 Å². The van der Waals surface area contributed by atoms with Crippen LogP contribution in [-0.4, -0.2) is 0 Å². The Hall–Kier alpha value is -2.23. The fraction of sp³-hybridized carbons (Fsp3) is 0. The van der Waals surface area contributed by atoms with Gasteiger partial charge in [0.15, 0.2) is 11.9 Å². The summed E-state index contributed by atoms with van der Waals surface area (Å²) in [7, 11) is 0. The smallest absolute Gasteiger partial charge is 0.207 e. The minimum atomic E-state index is 0.538. The van der Waals surface area contributed by atoms with Crippen molar-refractivity contribution in [3.05, 3.63) is 60.1 Å². The normalized spacial score (nSPS) is 10.7. The van der Waals surface area contributed by atoms with Crippen molar-refractivity contribution in [1.82, 2.24) is 0 Å². The van der Waals surface area contributed by atoms with E-state index in [4.69, 9.17) is 0 Å². The summed E-state index contributed by atoms with van der Waals surface area (Å²) in [5.74, 6) is 0. The van der Waals surface area contributed by atoms with E-state index in [-0.39, 0.29) is 0 Å². The van der Waals surface area contributed by atoms with Crippen LogP contribution in [0.2, 0.25) is 0 Å². The van der Waals surface area contributed by atoms with Gasteiger partial charge in [0.2, 0.25) is 6.20 Å². The van der Waals surface area contributed by atoms with Crippen LogP contribution in [0.4, 0.5) is 11.4 Å². The van der Waals surface area contributed by atoms with E-state index in [1.165, 1.54) is 12.4 Å². The van der Waals surface area contributed by atoms with Gasteiger partial charge in [-0.15, -0.1) is 5.11 Å². The molecular weight excluding hydrogens is 190 g/mol. The number of hydrogen-bond donors (Lipinski definition) is 0. The van der Waals surface area contributed by atoms with E-state index in [1.807, 2.05) is 30.3 Å². The van der Waals surface area contributed by atoms with E-state index in [0.717, 1.165) is 5.69 Å². The Kier molecular flexibility index (Phi) is 2.69.